The van der Waals surface area contributed by atoms with Gasteiger partial charge in [0.05, 0.1) is 18.3 Å². The third-order valence-corrected chi connectivity index (χ3v) is 3.94. The lowest BCUT2D eigenvalue weighted by Gasteiger charge is -2.28. The minimum absolute atomic E-state index is 0.522. The summed E-state index contributed by atoms with van der Waals surface area (Å²) in [4.78, 5) is 2.13. The van der Waals surface area contributed by atoms with Crippen molar-refractivity contribution < 1.29 is 9.84 Å². The zero-order valence-electron chi connectivity index (χ0n) is 12.2. The van der Waals surface area contributed by atoms with E-state index in [0.29, 0.717) is 17.9 Å². The van der Waals surface area contributed by atoms with Crippen LogP contribution in [0.15, 0.2) is 18.2 Å². The van der Waals surface area contributed by atoms with E-state index < -0.39 is 5.60 Å². The molecule has 0 spiro atoms. The zero-order valence-corrected chi connectivity index (χ0v) is 12.2. The van der Waals surface area contributed by atoms with Crippen molar-refractivity contribution in [3.63, 3.8) is 0 Å². The summed E-state index contributed by atoms with van der Waals surface area (Å²) in [7, 11) is 3.59. The summed E-state index contributed by atoms with van der Waals surface area (Å²) in [6.07, 6.45) is 4.03. The van der Waals surface area contributed by atoms with Crippen molar-refractivity contribution >= 4 is 0 Å². The minimum Gasteiger partial charge on any atom is -0.495 e. The molecule has 0 aromatic heterocycles. The van der Waals surface area contributed by atoms with Crippen molar-refractivity contribution in [1.29, 1.82) is 5.26 Å². The molecule has 0 aliphatic heterocycles. The number of hydrogen-bond donors (Lipinski definition) is 1. The first-order valence-electron chi connectivity index (χ1n) is 7.04. The Balaban J connectivity index is 2.00. The van der Waals surface area contributed by atoms with E-state index in [1.165, 1.54) is 0 Å². The molecule has 2 rings (SSSR count). The molecular weight excluding hydrogens is 252 g/mol. The van der Waals surface area contributed by atoms with Crippen LogP contribution < -0.4 is 4.74 Å². The maximum absolute atomic E-state index is 10.4. The predicted molar refractivity (Wildman–Crippen MR) is 77.5 cm³/mol. The number of hydrogen-bond acceptors (Lipinski definition) is 4. The highest BCUT2D eigenvalue weighted by Gasteiger charge is 2.32. The maximum Gasteiger partial charge on any atom is 0.136 e. The highest BCUT2D eigenvalue weighted by molar-refractivity contribution is 5.45. The molecule has 1 saturated carbocycles. The Hall–Kier alpha value is -1.57. The minimum atomic E-state index is -0.522. The number of nitriles is 1. The van der Waals surface area contributed by atoms with Gasteiger partial charge in [-0.3, -0.25) is 4.90 Å². The van der Waals surface area contributed by atoms with Crippen LogP contribution in [0.2, 0.25) is 0 Å². The van der Waals surface area contributed by atoms with Crippen LogP contribution in [0.5, 0.6) is 5.75 Å². The van der Waals surface area contributed by atoms with Crippen LogP contribution in [-0.2, 0) is 6.54 Å². The fourth-order valence-electron chi connectivity index (χ4n) is 2.99. The van der Waals surface area contributed by atoms with Crippen molar-refractivity contribution in [2.75, 3.05) is 20.7 Å². The molecule has 0 radical (unpaired) electrons. The first-order chi connectivity index (χ1) is 9.56. The van der Waals surface area contributed by atoms with E-state index in [2.05, 4.69) is 11.0 Å². The normalized spacial score (nSPS) is 17.1. The first-order valence-corrected chi connectivity index (χ1v) is 7.04. The van der Waals surface area contributed by atoms with Gasteiger partial charge in [-0.2, -0.15) is 5.26 Å². The summed E-state index contributed by atoms with van der Waals surface area (Å²) >= 11 is 0. The van der Waals surface area contributed by atoms with Crippen LogP contribution >= 0.6 is 0 Å². The molecule has 0 saturated heterocycles. The average molecular weight is 274 g/mol. The van der Waals surface area contributed by atoms with E-state index >= 15 is 0 Å². The maximum atomic E-state index is 10.4. The van der Waals surface area contributed by atoms with Crippen LogP contribution in [0.3, 0.4) is 0 Å². The second kappa shape index (κ2) is 6.25. The van der Waals surface area contributed by atoms with E-state index in [0.717, 1.165) is 37.8 Å². The van der Waals surface area contributed by atoms with Gasteiger partial charge in [0, 0.05) is 13.1 Å². The van der Waals surface area contributed by atoms with Gasteiger partial charge in [-0.05, 0) is 37.6 Å². The molecule has 1 aliphatic rings. The molecule has 0 bridgehead atoms. The van der Waals surface area contributed by atoms with Crippen LogP contribution in [0.25, 0.3) is 0 Å². The van der Waals surface area contributed by atoms with Crippen LogP contribution in [0.1, 0.15) is 36.8 Å². The summed E-state index contributed by atoms with van der Waals surface area (Å²) < 4.78 is 5.22. The molecule has 108 valence electrons. The molecule has 20 heavy (non-hydrogen) atoms. The van der Waals surface area contributed by atoms with Crippen molar-refractivity contribution in [2.45, 2.75) is 37.8 Å². The molecule has 0 amide bonds. The monoisotopic (exact) mass is 274 g/mol. The third-order valence-electron chi connectivity index (χ3n) is 3.94. The fourth-order valence-corrected chi connectivity index (χ4v) is 2.99. The average Bonchev–Trinajstić information content (AvgIpc) is 2.84. The van der Waals surface area contributed by atoms with Gasteiger partial charge in [0.25, 0.3) is 0 Å². The van der Waals surface area contributed by atoms with E-state index in [-0.39, 0.29) is 0 Å². The standard InChI is InChI=1S/C16H22N2O2/c1-18(12-16(19)7-3-4-8-16)11-13-5-6-14(10-17)15(9-13)20-2/h5-6,9,19H,3-4,7-8,11-12H2,1-2H3. The summed E-state index contributed by atoms with van der Waals surface area (Å²) in [6, 6.07) is 7.73. The van der Waals surface area contributed by atoms with Gasteiger partial charge in [-0.25, -0.2) is 0 Å². The first kappa shape index (κ1) is 14.8. The number of ether oxygens (including phenoxy) is 1. The number of benzene rings is 1. The third kappa shape index (κ3) is 3.50. The van der Waals surface area contributed by atoms with Gasteiger partial charge < -0.3 is 9.84 Å². The van der Waals surface area contributed by atoms with Crippen molar-refractivity contribution in [1.82, 2.24) is 4.90 Å². The van der Waals surface area contributed by atoms with E-state index in [1.807, 2.05) is 19.2 Å². The van der Waals surface area contributed by atoms with Gasteiger partial charge in [0.2, 0.25) is 0 Å². The Morgan fingerprint density at radius 1 is 1.40 bits per heavy atom. The second-order valence-electron chi connectivity index (χ2n) is 5.75. The smallest absolute Gasteiger partial charge is 0.136 e. The molecule has 1 N–H and O–H groups in total. The molecule has 1 aromatic rings. The highest BCUT2D eigenvalue weighted by atomic mass is 16.5. The summed E-state index contributed by atoms with van der Waals surface area (Å²) in [5.74, 6) is 0.609. The molecule has 0 atom stereocenters. The topological polar surface area (TPSA) is 56.5 Å². The second-order valence-corrected chi connectivity index (χ2v) is 5.75. The Kier molecular flexibility index (Phi) is 4.64. The highest BCUT2D eigenvalue weighted by Crippen LogP contribution is 2.30. The number of rotatable bonds is 5. The molecule has 1 aromatic carbocycles. The van der Waals surface area contributed by atoms with E-state index in [1.54, 1.807) is 13.2 Å². The fraction of sp³-hybridized carbons (Fsp3) is 0.562. The summed E-state index contributed by atoms with van der Waals surface area (Å²) in [5, 5.41) is 19.4. The Morgan fingerprint density at radius 3 is 2.70 bits per heavy atom. The lowest BCUT2D eigenvalue weighted by molar-refractivity contribution is 0.0145. The lowest BCUT2D eigenvalue weighted by atomic mass is 10.0. The molecular formula is C16H22N2O2. The summed E-state index contributed by atoms with van der Waals surface area (Å²) in [6.45, 7) is 1.43. The van der Waals surface area contributed by atoms with Crippen LogP contribution in [0, 0.1) is 11.3 Å². The largest absolute Gasteiger partial charge is 0.495 e. The molecule has 0 heterocycles. The molecule has 1 fully saturated rings. The number of methoxy groups -OCH3 is 1. The SMILES string of the molecule is COc1cc(CN(C)CC2(O)CCCC2)ccc1C#N. The van der Waals surface area contributed by atoms with Crippen molar-refractivity contribution in [3.05, 3.63) is 29.3 Å². The van der Waals surface area contributed by atoms with Crippen molar-refractivity contribution in [3.8, 4) is 11.8 Å². The molecule has 4 heteroatoms. The van der Waals surface area contributed by atoms with Crippen molar-refractivity contribution in [2.24, 2.45) is 0 Å². The Bertz CT molecular complexity index is 502. The quantitative estimate of drug-likeness (QED) is 0.895. The van der Waals surface area contributed by atoms with Gasteiger partial charge in [0.1, 0.15) is 11.8 Å². The van der Waals surface area contributed by atoms with Gasteiger partial charge in [-0.1, -0.05) is 18.9 Å². The Morgan fingerprint density at radius 2 is 2.10 bits per heavy atom. The number of aliphatic hydroxyl groups is 1. The summed E-state index contributed by atoms with van der Waals surface area (Å²) in [5.41, 5.74) is 1.11. The van der Waals surface area contributed by atoms with Gasteiger partial charge in [0.15, 0.2) is 0 Å². The van der Waals surface area contributed by atoms with E-state index in [4.69, 9.17) is 10.00 Å². The zero-order chi connectivity index (χ0) is 14.6. The lowest BCUT2D eigenvalue weighted by Crippen LogP contribution is -2.38. The van der Waals surface area contributed by atoms with Crippen LogP contribution in [0.4, 0.5) is 0 Å². The number of nitrogens with zero attached hydrogens (tertiary/aromatic N) is 2. The van der Waals surface area contributed by atoms with Gasteiger partial charge in [-0.15, -0.1) is 0 Å². The molecule has 4 nitrogen and oxygen atoms in total. The van der Waals surface area contributed by atoms with Gasteiger partial charge >= 0.3 is 0 Å². The Labute approximate surface area is 120 Å². The van der Waals surface area contributed by atoms with Crippen LogP contribution in [-0.4, -0.2) is 36.3 Å². The molecule has 1 aliphatic carbocycles. The number of likely N-dealkylation sites (N-methyl/N-ethyl adjacent to an activating group) is 1. The predicted octanol–water partition coefficient (Wildman–Crippen LogP) is 2.30. The van der Waals surface area contributed by atoms with E-state index in [9.17, 15) is 5.11 Å². The molecule has 0 unspecified atom stereocenters.